The van der Waals surface area contributed by atoms with Gasteiger partial charge in [0, 0.05) is 23.4 Å². The molecule has 0 bridgehead atoms. The fourth-order valence-corrected chi connectivity index (χ4v) is 5.66. The van der Waals surface area contributed by atoms with E-state index in [0.29, 0.717) is 35.6 Å². The first kappa shape index (κ1) is 23.2. The van der Waals surface area contributed by atoms with E-state index in [1.54, 1.807) is 18.9 Å². The Hall–Kier alpha value is -2.00. The maximum absolute atomic E-state index is 13.4. The number of Topliss-reactive ketones (excluding diaryl/α,β-unsaturated/α-hetero) is 1. The summed E-state index contributed by atoms with van der Waals surface area (Å²) in [5, 5.41) is 8.93. The number of nitrogens with zero attached hydrogens (tertiary/aromatic N) is 3. The summed E-state index contributed by atoms with van der Waals surface area (Å²) in [5.41, 5.74) is 2.50. The average Bonchev–Trinajstić information content (AvgIpc) is 3.12. The Kier molecular flexibility index (Phi) is 6.58. The Morgan fingerprint density at radius 1 is 1.31 bits per heavy atom. The van der Waals surface area contributed by atoms with Crippen molar-refractivity contribution in [1.29, 1.82) is 0 Å². The number of allylic oxidation sites excluding steroid dienone is 2. The number of hydrogen-bond acceptors (Lipinski definition) is 7. The molecule has 172 valence electrons. The number of fused-ring (bicyclic) bond motifs is 1. The number of thioether (sulfide) groups is 1. The predicted molar refractivity (Wildman–Crippen MR) is 130 cm³/mol. The molecule has 2 aromatic rings. The van der Waals surface area contributed by atoms with Gasteiger partial charge in [-0.25, -0.2) is 4.68 Å². The number of carbonyl (C=O) groups excluding carboxylic acids is 1. The van der Waals surface area contributed by atoms with Gasteiger partial charge in [0.15, 0.2) is 17.3 Å². The molecule has 32 heavy (non-hydrogen) atoms. The molecule has 0 radical (unpaired) electrons. The molecule has 1 aromatic heterocycles. The zero-order chi connectivity index (χ0) is 23.0. The molecule has 2 aliphatic rings. The maximum atomic E-state index is 13.4. The second kappa shape index (κ2) is 9.09. The Balaban J connectivity index is 1.89. The highest BCUT2D eigenvalue weighted by Gasteiger charge is 2.42. The molecule has 1 atom stereocenters. The Morgan fingerprint density at radius 2 is 2.09 bits per heavy atom. The van der Waals surface area contributed by atoms with Crippen molar-refractivity contribution >= 4 is 39.4 Å². The minimum absolute atomic E-state index is 0.105. The Bertz CT molecular complexity index is 1080. The summed E-state index contributed by atoms with van der Waals surface area (Å²) in [6.07, 6.45) is 2.32. The van der Waals surface area contributed by atoms with Crippen LogP contribution in [0.3, 0.4) is 0 Å². The van der Waals surface area contributed by atoms with Crippen molar-refractivity contribution in [3.63, 3.8) is 0 Å². The molecule has 2 heterocycles. The molecule has 4 rings (SSSR count). The minimum atomic E-state index is -0.380. The second-order valence-corrected chi connectivity index (χ2v) is 10.8. The standard InChI is InChI=1S/C23H29BrN4O3S/c1-6-8-32-22-26-21-25-15-11-23(3,4)12-16(29)18(15)19(28(21)27-22)13-9-14(24)20(30-5)17(10-13)31-7-2/h9-10,19H,6-8,11-12H2,1-5H3,(H,25,26,27). The first-order valence-electron chi connectivity index (χ1n) is 10.9. The minimum Gasteiger partial charge on any atom is -0.492 e. The van der Waals surface area contributed by atoms with Crippen LogP contribution in [-0.2, 0) is 4.79 Å². The summed E-state index contributed by atoms with van der Waals surface area (Å²) in [7, 11) is 1.62. The fraction of sp³-hybridized carbons (Fsp3) is 0.522. The van der Waals surface area contributed by atoms with Crippen LogP contribution in [0.2, 0.25) is 0 Å². The number of carbonyl (C=O) groups is 1. The van der Waals surface area contributed by atoms with Crippen molar-refractivity contribution in [3.8, 4) is 11.5 Å². The SMILES string of the molecule is CCCSc1nc2n(n1)C(c1cc(Br)c(OC)c(OCC)c1)C1=C(CC(C)(C)CC1=O)N2. The molecule has 9 heteroatoms. The van der Waals surface area contributed by atoms with Crippen molar-refractivity contribution in [2.24, 2.45) is 5.41 Å². The first-order chi connectivity index (χ1) is 15.3. The number of methoxy groups -OCH3 is 1. The number of ether oxygens (including phenoxy) is 2. The molecule has 1 aliphatic heterocycles. The molecule has 0 fully saturated rings. The van der Waals surface area contributed by atoms with E-state index in [0.717, 1.165) is 39.9 Å². The van der Waals surface area contributed by atoms with Crippen molar-refractivity contribution in [1.82, 2.24) is 14.8 Å². The summed E-state index contributed by atoms with van der Waals surface area (Å²) in [4.78, 5) is 18.1. The van der Waals surface area contributed by atoms with Gasteiger partial charge >= 0.3 is 0 Å². The third-order valence-corrected chi connectivity index (χ3v) is 7.23. The molecule has 1 unspecified atom stereocenters. The zero-order valence-corrected chi connectivity index (χ0v) is 21.5. The predicted octanol–water partition coefficient (Wildman–Crippen LogP) is 5.61. The third kappa shape index (κ3) is 4.29. The number of aromatic nitrogens is 3. The molecule has 0 amide bonds. The van der Waals surface area contributed by atoms with Gasteiger partial charge in [0.2, 0.25) is 11.1 Å². The van der Waals surface area contributed by atoms with E-state index in [2.05, 4.69) is 42.0 Å². The lowest BCUT2D eigenvalue weighted by molar-refractivity contribution is -0.118. The van der Waals surface area contributed by atoms with Gasteiger partial charge in [0.1, 0.15) is 6.04 Å². The van der Waals surface area contributed by atoms with Crippen LogP contribution in [0.25, 0.3) is 0 Å². The van der Waals surface area contributed by atoms with Crippen molar-refractivity contribution in [3.05, 3.63) is 33.4 Å². The van der Waals surface area contributed by atoms with Crippen LogP contribution in [0.5, 0.6) is 11.5 Å². The van der Waals surface area contributed by atoms with Crippen LogP contribution in [0, 0.1) is 5.41 Å². The van der Waals surface area contributed by atoms with Crippen LogP contribution in [0.4, 0.5) is 5.95 Å². The van der Waals surface area contributed by atoms with E-state index >= 15 is 0 Å². The van der Waals surface area contributed by atoms with Crippen LogP contribution in [-0.4, -0.2) is 40.0 Å². The molecule has 1 aliphatic carbocycles. The quantitative estimate of drug-likeness (QED) is 0.475. The molecule has 0 saturated carbocycles. The topological polar surface area (TPSA) is 78.3 Å². The van der Waals surface area contributed by atoms with E-state index in [-0.39, 0.29) is 17.2 Å². The van der Waals surface area contributed by atoms with E-state index in [4.69, 9.17) is 19.6 Å². The number of nitrogens with one attached hydrogen (secondary N) is 1. The van der Waals surface area contributed by atoms with Gasteiger partial charge in [-0.15, -0.1) is 5.10 Å². The lowest BCUT2D eigenvalue weighted by Gasteiger charge is -2.38. The highest BCUT2D eigenvalue weighted by molar-refractivity contribution is 9.10. The van der Waals surface area contributed by atoms with Gasteiger partial charge < -0.3 is 14.8 Å². The first-order valence-corrected chi connectivity index (χ1v) is 12.7. The van der Waals surface area contributed by atoms with Crippen LogP contribution >= 0.6 is 27.7 Å². The number of hydrogen-bond donors (Lipinski definition) is 1. The van der Waals surface area contributed by atoms with Gasteiger partial charge in [-0.1, -0.05) is 32.5 Å². The Morgan fingerprint density at radius 3 is 2.78 bits per heavy atom. The van der Waals surface area contributed by atoms with Crippen LogP contribution < -0.4 is 14.8 Å². The maximum Gasteiger partial charge on any atom is 0.227 e. The molecule has 7 nitrogen and oxygen atoms in total. The number of halogens is 1. The van der Waals surface area contributed by atoms with Gasteiger partial charge in [-0.2, -0.15) is 4.98 Å². The molecule has 0 spiro atoms. The number of ketones is 1. The van der Waals surface area contributed by atoms with E-state index in [9.17, 15) is 4.79 Å². The Labute approximate surface area is 201 Å². The number of rotatable bonds is 7. The molecule has 1 aromatic carbocycles. The number of benzene rings is 1. The summed E-state index contributed by atoms with van der Waals surface area (Å²) >= 11 is 5.25. The monoisotopic (exact) mass is 520 g/mol. The summed E-state index contributed by atoms with van der Waals surface area (Å²) in [6.45, 7) is 8.83. The molecular weight excluding hydrogens is 492 g/mol. The lowest BCUT2D eigenvalue weighted by Crippen LogP contribution is -2.36. The average molecular weight is 521 g/mol. The largest absolute Gasteiger partial charge is 0.492 e. The van der Waals surface area contributed by atoms with Crippen molar-refractivity contribution < 1.29 is 14.3 Å². The summed E-state index contributed by atoms with van der Waals surface area (Å²) < 4.78 is 14.0. The van der Waals surface area contributed by atoms with Gasteiger partial charge in [-0.3, -0.25) is 4.79 Å². The molecule has 1 N–H and O–H groups in total. The van der Waals surface area contributed by atoms with Gasteiger partial charge in [0.25, 0.3) is 0 Å². The highest BCUT2D eigenvalue weighted by atomic mass is 79.9. The second-order valence-electron chi connectivity index (χ2n) is 8.84. The molecule has 0 saturated heterocycles. The summed E-state index contributed by atoms with van der Waals surface area (Å²) in [5.74, 6) is 3.01. The van der Waals surface area contributed by atoms with Crippen molar-refractivity contribution in [2.45, 2.75) is 58.2 Å². The van der Waals surface area contributed by atoms with Gasteiger partial charge in [-0.05, 0) is 58.8 Å². The smallest absolute Gasteiger partial charge is 0.227 e. The van der Waals surface area contributed by atoms with Crippen molar-refractivity contribution in [2.75, 3.05) is 24.8 Å². The molecular formula is C23H29BrN4O3S. The van der Waals surface area contributed by atoms with Crippen LogP contribution in [0.15, 0.2) is 33.0 Å². The van der Waals surface area contributed by atoms with E-state index in [1.807, 2.05) is 23.7 Å². The van der Waals surface area contributed by atoms with Gasteiger partial charge in [0.05, 0.1) is 18.2 Å². The third-order valence-electron chi connectivity index (χ3n) is 5.60. The number of anilines is 1. The van der Waals surface area contributed by atoms with Crippen LogP contribution in [0.1, 0.15) is 58.6 Å². The highest BCUT2D eigenvalue weighted by Crippen LogP contribution is 2.48. The van der Waals surface area contributed by atoms with E-state index < -0.39 is 0 Å². The zero-order valence-electron chi connectivity index (χ0n) is 19.1. The lowest BCUT2D eigenvalue weighted by atomic mass is 9.73. The summed E-state index contributed by atoms with van der Waals surface area (Å²) in [6, 6.07) is 3.56. The van der Waals surface area contributed by atoms with E-state index in [1.165, 1.54) is 0 Å². The normalized spacial score (nSPS) is 19.3. The fourth-order valence-electron chi connectivity index (χ4n) is 4.36.